The van der Waals surface area contributed by atoms with Crippen molar-refractivity contribution in [2.24, 2.45) is 0 Å². The SMILES string of the molecule is CCOc1ccc2occ(C=O)c(=O)c2c1. The van der Waals surface area contributed by atoms with E-state index in [9.17, 15) is 9.59 Å². The van der Waals surface area contributed by atoms with Gasteiger partial charge in [0, 0.05) is 0 Å². The van der Waals surface area contributed by atoms with E-state index in [4.69, 9.17) is 9.15 Å². The van der Waals surface area contributed by atoms with Crippen LogP contribution in [0.1, 0.15) is 17.3 Å². The lowest BCUT2D eigenvalue weighted by Gasteiger charge is -2.03. The first-order chi connectivity index (χ1) is 7.76. The van der Waals surface area contributed by atoms with E-state index in [-0.39, 0.29) is 11.0 Å². The molecule has 0 spiro atoms. The first-order valence-electron chi connectivity index (χ1n) is 4.89. The molecule has 0 aliphatic carbocycles. The first-order valence-corrected chi connectivity index (χ1v) is 4.89. The van der Waals surface area contributed by atoms with Crippen LogP contribution in [-0.2, 0) is 0 Å². The van der Waals surface area contributed by atoms with Crippen LogP contribution in [0.2, 0.25) is 0 Å². The van der Waals surface area contributed by atoms with Gasteiger partial charge in [-0.1, -0.05) is 0 Å². The molecule has 0 aliphatic heterocycles. The van der Waals surface area contributed by atoms with Gasteiger partial charge >= 0.3 is 0 Å². The third-order valence-corrected chi connectivity index (χ3v) is 2.21. The monoisotopic (exact) mass is 218 g/mol. The van der Waals surface area contributed by atoms with Gasteiger partial charge in [-0.15, -0.1) is 0 Å². The van der Waals surface area contributed by atoms with E-state index in [2.05, 4.69) is 0 Å². The maximum Gasteiger partial charge on any atom is 0.203 e. The Kier molecular flexibility index (Phi) is 2.72. The van der Waals surface area contributed by atoms with Gasteiger partial charge in [-0.3, -0.25) is 9.59 Å². The van der Waals surface area contributed by atoms with Crippen LogP contribution >= 0.6 is 0 Å². The minimum atomic E-state index is -0.335. The van der Waals surface area contributed by atoms with Crippen LogP contribution in [0.25, 0.3) is 11.0 Å². The van der Waals surface area contributed by atoms with Gasteiger partial charge in [-0.2, -0.15) is 0 Å². The van der Waals surface area contributed by atoms with Crippen molar-refractivity contribution in [2.75, 3.05) is 6.61 Å². The number of rotatable bonds is 3. The van der Waals surface area contributed by atoms with E-state index in [1.807, 2.05) is 6.92 Å². The highest BCUT2D eigenvalue weighted by Gasteiger charge is 2.07. The van der Waals surface area contributed by atoms with Gasteiger partial charge in [0.15, 0.2) is 6.29 Å². The van der Waals surface area contributed by atoms with Crippen molar-refractivity contribution >= 4 is 17.3 Å². The lowest BCUT2D eigenvalue weighted by molar-refractivity contribution is 0.112. The summed E-state index contributed by atoms with van der Waals surface area (Å²) in [4.78, 5) is 22.4. The Bertz CT molecular complexity index is 583. The molecule has 0 saturated heterocycles. The fraction of sp³-hybridized carbons (Fsp3) is 0.167. The molecule has 0 radical (unpaired) electrons. The van der Waals surface area contributed by atoms with Gasteiger partial charge in [-0.05, 0) is 25.1 Å². The third kappa shape index (κ3) is 1.69. The largest absolute Gasteiger partial charge is 0.494 e. The number of carbonyl (C=O) groups is 1. The summed E-state index contributed by atoms with van der Waals surface area (Å²) >= 11 is 0. The lowest BCUT2D eigenvalue weighted by Crippen LogP contribution is -2.07. The van der Waals surface area contributed by atoms with Crippen LogP contribution < -0.4 is 10.2 Å². The fourth-order valence-electron chi connectivity index (χ4n) is 1.46. The molecule has 82 valence electrons. The quantitative estimate of drug-likeness (QED) is 0.739. The van der Waals surface area contributed by atoms with Crippen molar-refractivity contribution in [3.05, 3.63) is 40.2 Å². The zero-order valence-electron chi connectivity index (χ0n) is 8.73. The molecule has 1 aromatic carbocycles. The molecule has 4 nitrogen and oxygen atoms in total. The van der Waals surface area contributed by atoms with Crippen molar-refractivity contribution in [3.8, 4) is 5.75 Å². The summed E-state index contributed by atoms with van der Waals surface area (Å²) in [5, 5.41) is 0.357. The van der Waals surface area contributed by atoms with Crippen LogP contribution in [0, 0.1) is 0 Å². The third-order valence-electron chi connectivity index (χ3n) is 2.21. The number of ether oxygens (including phenoxy) is 1. The first kappa shape index (κ1) is 10.4. The van der Waals surface area contributed by atoms with Crippen LogP contribution in [0.5, 0.6) is 5.75 Å². The Labute approximate surface area is 91.4 Å². The second-order valence-electron chi connectivity index (χ2n) is 3.23. The van der Waals surface area contributed by atoms with Crippen molar-refractivity contribution in [1.29, 1.82) is 0 Å². The molecule has 0 fully saturated rings. The van der Waals surface area contributed by atoms with E-state index in [0.29, 0.717) is 29.6 Å². The molecule has 1 aromatic heterocycles. The second-order valence-corrected chi connectivity index (χ2v) is 3.23. The molecule has 0 aliphatic rings. The molecule has 0 saturated carbocycles. The molecule has 16 heavy (non-hydrogen) atoms. The van der Waals surface area contributed by atoms with Crippen molar-refractivity contribution in [1.82, 2.24) is 0 Å². The molecular weight excluding hydrogens is 208 g/mol. The summed E-state index contributed by atoms with van der Waals surface area (Å²) in [6, 6.07) is 4.95. The molecular formula is C12H10O4. The molecule has 0 atom stereocenters. The van der Waals surface area contributed by atoms with Crippen molar-refractivity contribution < 1.29 is 13.9 Å². The summed E-state index contributed by atoms with van der Waals surface area (Å²) < 4.78 is 10.4. The summed E-state index contributed by atoms with van der Waals surface area (Å²) in [6.07, 6.45) is 1.65. The number of hydrogen-bond acceptors (Lipinski definition) is 4. The molecule has 4 heteroatoms. The van der Waals surface area contributed by atoms with Gasteiger partial charge < -0.3 is 9.15 Å². The molecule has 0 unspecified atom stereocenters. The number of hydrogen-bond donors (Lipinski definition) is 0. The molecule has 0 bridgehead atoms. The normalized spacial score (nSPS) is 10.3. The second kappa shape index (κ2) is 4.18. The Morgan fingerprint density at radius 2 is 2.25 bits per heavy atom. The minimum absolute atomic E-state index is 0.0150. The van der Waals surface area contributed by atoms with Gasteiger partial charge in [0.1, 0.15) is 17.6 Å². The van der Waals surface area contributed by atoms with Gasteiger partial charge in [-0.25, -0.2) is 0 Å². The Hall–Kier alpha value is -2.10. The van der Waals surface area contributed by atoms with Crippen molar-refractivity contribution in [2.45, 2.75) is 6.92 Å². The topological polar surface area (TPSA) is 56.5 Å². The molecule has 2 rings (SSSR count). The highest BCUT2D eigenvalue weighted by molar-refractivity contribution is 5.84. The molecule has 1 heterocycles. The van der Waals surface area contributed by atoms with E-state index >= 15 is 0 Å². The predicted octanol–water partition coefficient (Wildman–Crippen LogP) is 2.00. The van der Waals surface area contributed by atoms with Gasteiger partial charge in [0.2, 0.25) is 5.43 Å². The van der Waals surface area contributed by atoms with E-state index in [1.54, 1.807) is 18.2 Å². The van der Waals surface area contributed by atoms with E-state index in [1.165, 1.54) is 0 Å². The molecule has 2 aromatic rings. The number of carbonyl (C=O) groups excluding carboxylic acids is 1. The summed E-state index contributed by atoms with van der Waals surface area (Å²) in [5.74, 6) is 0.588. The zero-order valence-corrected chi connectivity index (χ0v) is 8.73. The number of benzene rings is 1. The van der Waals surface area contributed by atoms with Crippen LogP contribution in [-0.4, -0.2) is 12.9 Å². The summed E-state index contributed by atoms with van der Waals surface area (Å²) in [5.41, 5.74) is 0.123. The predicted molar refractivity (Wildman–Crippen MR) is 59.0 cm³/mol. The van der Waals surface area contributed by atoms with E-state index < -0.39 is 0 Å². The number of aldehydes is 1. The van der Waals surface area contributed by atoms with Crippen LogP contribution in [0.4, 0.5) is 0 Å². The minimum Gasteiger partial charge on any atom is -0.494 e. The summed E-state index contributed by atoms with van der Waals surface area (Å²) in [7, 11) is 0. The zero-order chi connectivity index (χ0) is 11.5. The average Bonchev–Trinajstić information content (AvgIpc) is 2.31. The van der Waals surface area contributed by atoms with Gasteiger partial charge in [0.25, 0.3) is 0 Å². The fourth-order valence-corrected chi connectivity index (χ4v) is 1.46. The smallest absolute Gasteiger partial charge is 0.203 e. The van der Waals surface area contributed by atoms with Gasteiger partial charge in [0.05, 0.1) is 17.6 Å². The Morgan fingerprint density at radius 1 is 1.44 bits per heavy atom. The van der Waals surface area contributed by atoms with Crippen LogP contribution in [0.3, 0.4) is 0 Å². The highest BCUT2D eigenvalue weighted by Crippen LogP contribution is 2.18. The van der Waals surface area contributed by atoms with E-state index in [0.717, 1.165) is 6.26 Å². The number of fused-ring (bicyclic) bond motifs is 1. The molecule has 0 N–H and O–H groups in total. The maximum atomic E-state index is 11.8. The highest BCUT2D eigenvalue weighted by atomic mass is 16.5. The Balaban J connectivity index is 2.69. The maximum absolute atomic E-state index is 11.8. The van der Waals surface area contributed by atoms with Crippen molar-refractivity contribution in [3.63, 3.8) is 0 Å². The lowest BCUT2D eigenvalue weighted by atomic mass is 10.2. The standard InChI is InChI=1S/C12H10O4/c1-2-15-9-3-4-11-10(5-9)12(14)8(6-13)7-16-11/h3-7H,2H2,1H3. The Morgan fingerprint density at radius 3 is 2.94 bits per heavy atom. The molecule has 0 amide bonds. The summed E-state index contributed by atoms with van der Waals surface area (Å²) in [6.45, 7) is 2.37. The average molecular weight is 218 g/mol. The van der Waals surface area contributed by atoms with Crippen LogP contribution in [0.15, 0.2) is 33.7 Å².